The topological polar surface area (TPSA) is 260 Å². The molecule has 10 fully saturated rings. The number of hydrogen-bond donors (Lipinski definition) is 4. The minimum atomic E-state index is -4.92. The molecule has 0 radical (unpaired) electrons. The van der Waals surface area contributed by atoms with Crippen LogP contribution in [-0.2, 0) is 76.5 Å². The van der Waals surface area contributed by atoms with Crippen molar-refractivity contribution >= 4 is 20.8 Å². The SMILES string of the molecule is C=CCC(=C)/C=C/[C@@](C)(O)[C@H]1O[C@@H]2C[C@@H]3O[C@@H]4C[C@@H]5O[C@@H]6C[C@@H]7O[C@@H]8C[C@@H]9O[C@@H]%10C[C@H](OS(=O)(=O)O)[C@@H](CCOS(=O)(=O)O)O[C@H]%10C[C@H]9O[C@H]8CC[C@@]7(C)O[C@@]6(C)CC[C@H](C)[C@H]5O[C@H]4[C@@H](O)[C@@]3(C)O[C@H]2CC1=C. The number of rotatable bonds is 11. The molecule has 0 aromatic heterocycles. The second-order valence-corrected chi connectivity index (χ2v) is 25.5. The van der Waals surface area contributed by atoms with E-state index in [1.165, 1.54) is 0 Å². The highest BCUT2D eigenvalue weighted by Gasteiger charge is 2.64. The van der Waals surface area contributed by atoms with Gasteiger partial charge in [-0.2, -0.15) is 16.8 Å². The molecule has 0 bridgehead atoms. The molecule has 10 saturated heterocycles. The van der Waals surface area contributed by atoms with Crippen LogP contribution in [-0.4, -0.2) is 181 Å². The van der Waals surface area contributed by atoms with E-state index in [1.54, 1.807) is 25.2 Å². The van der Waals surface area contributed by atoms with Gasteiger partial charge in [-0.25, -0.2) is 8.37 Å². The molecule has 22 heteroatoms. The predicted octanol–water partition coefficient (Wildman–Crippen LogP) is 4.51. The zero-order valence-corrected chi connectivity index (χ0v) is 44.1. The Morgan fingerprint density at radius 2 is 1.33 bits per heavy atom. The molecule has 10 heterocycles. The zero-order valence-electron chi connectivity index (χ0n) is 42.4. The number of aliphatic hydroxyl groups is 2. The van der Waals surface area contributed by atoms with Crippen molar-refractivity contribution < 1.29 is 91.9 Å². The first-order chi connectivity index (χ1) is 34.2. The van der Waals surface area contributed by atoms with Gasteiger partial charge in [0.1, 0.15) is 35.6 Å². The largest absolute Gasteiger partial charge is 0.397 e. The fourth-order valence-corrected chi connectivity index (χ4v) is 14.8. The number of hydrogen-bond acceptors (Lipinski definition) is 18. The van der Waals surface area contributed by atoms with Crippen LogP contribution < -0.4 is 0 Å². The highest BCUT2D eigenvalue weighted by atomic mass is 32.3. The Bertz CT molecular complexity index is 2350. The molecule has 10 aliphatic rings. The van der Waals surface area contributed by atoms with Gasteiger partial charge in [0.2, 0.25) is 0 Å². The third-order valence-corrected chi connectivity index (χ3v) is 18.8. The molecule has 10 aliphatic heterocycles. The van der Waals surface area contributed by atoms with Gasteiger partial charge in [-0.15, -0.1) is 6.58 Å². The van der Waals surface area contributed by atoms with Crippen LogP contribution in [0, 0.1) is 5.92 Å². The van der Waals surface area contributed by atoms with Crippen LogP contribution in [0.15, 0.2) is 49.1 Å². The van der Waals surface area contributed by atoms with Crippen molar-refractivity contribution in [3.63, 3.8) is 0 Å². The minimum Gasteiger partial charge on any atom is -0.387 e. The van der Waals surface area contributed by atoms with Crippen molar-refractivity contribution in [3.05, 3.63) is 49.1 Å². The summed E-state index contributed by atoms with van der Waals surface area (Å²) in [6.07, 6.45) is 0.620. The van der Waals surface area contributed by atoms with E-state index in [9.17, 15) is 31.6 Å². The van der Waals surface area contributed by atoms with Gasteiger partial charge in [-0.1, -0.05) is 43.9 Å². The molecule has 0 aromatic carbocycles. The van der Waals surface area contributed by atoms with Crippen LogP contribution in [0.1, 0.15) is 118 Å². The summed E-state index contributed by atoms with van der Waals surface area (Å²) in [6.45, 7) is 21.6. The number of ether oxygens (including phenoxy) is 10. The summed E-state index contributed by atoms with van der Waals surface area (Å²) in [7, 11) is -9.68. The lowest BCUT2D eigenvalue weighted by Crippen LogP contribution is -2.74. The lowest BCUT2D eigenvalue weighted by atomic mass is 9.73. The van der Waals surface area contributed by atoms with Gasteiger partial charge in [0.05, 0.1) is 109 Å². The Labute approximate surface area is 429 Å². The lowest BCUT2D eigenvalue weighted by molar-refractivity contribution is -0.369. The van der Waals surface area contributed by atoms with E-state index < -0.39 is 123 Å². The maximum Gasteiger partial charge on any atom is 0.397 e. The van der Waals surface area contributed by atoms with E-state index >= 15 is 0 Å². The van der Waals surface area contributed by atoms with Gasteiger partial charge in [-0.3, -0.25) is 9.11 Å². The number of allylic oxidation sites excluding steroid dienone is 3. The normalized spacial score (nSPS) is 49.7. The first-order valence-electron chi connectivity index (χ1n) is 26.2. The summed E-state index contributed by atoms with van der Waals surface area (Å²) in [5.74, 6) is 0.0582. The average molecular weight is 1070 g/mol. The van der Waals surface area contributed by atoms with Gasteiger partial charge in [0, 0.05) is 44.9 Å². The van der Waals surface area contributed by atoms with Crippen LogP contribution in [0.2, 0.25) is 0 Å². The van der Waals surface area contributed by atoms with E-state index in [0.717, 1.165) is 12.0 Å². The zero-order chi connectivity index (χ0) is 52.2. The fraction of sp³-hybridized carbons (Fsp3) is 0.843. The van der Waals surface area contributed by atoms with E-state index in [-0.39, 0.29) is 61.5 Å². The van der Waals surface area contributed by atoms with Crippen LogP contribution in [0.25, 0.3) is 0 Å². The molecule has 24 atom stereocenters. The summed E-state index contributed by atoms with van der Waals surface area (Å²) >= 11 is 0. The molecule has 0 spiro atoms. The summed E-state index contributed by atoms with van der Waals surface area (Å²) in [6, 6.07) is 0. The molecule has 20 nitrogen and oxygen atoms in total. The van der Waals surface area contributed by atoms with Crippen LogP contribution >= 0.6 is 0 Å². The fourth-order valence-electron chi connectivity index (χ4n) is 14.0. The van der Waals surface area contributed by atoms with Crippen molar-refractivity contribution in [1.82, 2.24) is 0 Å². The molecule has 0 saturated carbocycles. The average Bonchev–Trinajstić information content (AvgIpc) is 3.42. The molecule has 0 aliphatic carbocycles. The van der Waals surface area contributed by atoms with Gasteiger partial charge >= 0.3 is 20.8 Å². The summed E-state index contributed by atoms with van der Waals surface area (Å²) in [4.78, 5) is 0. The highest BCUT2D eigenvalue weighted by molar-refractivity contribution is 7.81. The van der Waals surface area contributed by atoms with Crippen molar-refractivity contribution in [1.29, 1.82) is 0 Å². The monoisotopic (exact) mass is 1070 g/mol. The molecule has 73 heavy (non-hydrogen) atoms. The Balaban J connectivity index is 0.807. The number of aliphatic hydroxyl groups excluding tert-OH is 1. The first-order valence-corrected chi connectivity index (χ1v) is 28.9. The van der Waals surface area contributed by atoms with Crippen molar-refractivity contribution in [2.24, 2.45) is 5.92 Å². The quantitative estimate of drug-likeness (QED) is 0.126. The molecule has 10 rings (SSSR count). The molecule has 0 unspecified atom stereocenters. The molecule has 0 aromatic rings. The van der Waals surface area contributed by atoms with E-state index in [2.05, 4.69) is 44.7 Å². The Hall–Kier alpha value is -1.78. The van der Waals surface area contributed by atoms with E-state index in [4.69, 9.17) is 56.1 Å². The smallest absolute Gasteiger partial charge is 0.387 e. The second-order valence-electron chi connectivity index (χ2n) is 23.4. The Morgan fingerprint density at radius 3 is 2.01 bits per heavy atom. The molecular formula is C51H76O20S2. The molecule has 4 N–H and O–H groups in total. The van der Waals surface area contributed by atoms with Crippen molar-refractivity contribution in [2.45, 2.75) is 256 Å². The standard InChI is InChI=1S/C51H76O20S2/c1-9-10-26(2)11-15-48(5,53)47-28(4)19-37-36(67-47)24-43-51(8,69-37)46(52)45-40(66-43)23-39-44(68-45)27(3)12-16-49(6)42(65-39)25-41-50(7,71-49)17-13-29-31(64-41)20-34-32(61-29)21-33-35(63-34)22-38(70-73(57,58)59)30(62-33)14-18-60-72(54,55)56/h9,11,15,27,29-47,52-53H,1-2,4,10,12-14,16-25H2,3,5-8H3,(H,54,55,56)(H,57,58,59)/b15-11+/t27-,29-,30+,31+,32+,33-,34-,35+,36+,37-,38-,39-,40+,41-,42+,43-,44+,45+,46+,47-,48+,49-,50+,51-/m0/s1. The second kappa shape index (κ2) is 20.1. The first kappa shape index (κ1) is 54.6. The maximum absolute atomic E-state index is 12.3. The third-order valence-electron chi connectivity index (χ3n) is 17.9. The van der Waals surface area contributed by atoms with Crippen LogP contribution in [0.4, 0.5) is 0 Å². The Morgan fingerprint density at radius 1 is 0.740 bits per heavy atom. The van der Waals surface area contributed by atoms with Crippen molar-refractivity contribution in [3.8, 4) is 0 Å². The van der Waals surface area contributed by atoms with Gasteiger partial charge in [-0.05, 0) is 77.7 Å². The van der Waals surface area contributed by atoms with Gasteiger partial charge < -0.3 is 57.6 Å². The third kappa shape index (κ3) is 11.0. The summed E-state index contributed by atoms with van der Waals surface area (Å²) < 4.78 is 143. The minimum absolute atomic E-state index is 0.0120. The van der Waals surface area contributed by atoms with Gasteiger partial charge in [0.15, 0.2) is 0 Å². The van der Waals surface area contributed by atoms with Gasteiger partial charge in [0.25, 0.3) is 0 Å². The van der Waals surface area contributed by atoms with Crippen LogP contribution in [0.5, 0.6) is 0 Å². The van der Waals surface area contributed by atoms with E-state index in [0.29, 0.717) is 69.8 Å². The molecule has 412 valence electrons. The summed E-state index contributed by atoms with van der Waals surface area (Å²) in [5.41, 5.74) is -2.30. The maximum atomic E-state index is 12.3. The Kier molecular flexibility index (Phi) is 15.1. The summed E-state index contributed by atoms with van der Waals surface area (Å²) in [5, 5.41) is 23.9. The molecule has 0 amide bonds. The highest BCUT2D eigenvalue weighted by Crippen LogP contribution is 2.53. The predicted molar refractivity (Wildman–Crippen MR) is 258 cm³/mol. The molecular weight excluding hydrogens is 997 g/mol. The van der Waals surface area contributed by atoms with E-state index in [1.807, 2.05) is 6.92 Å². The lowest BCUT2D eigenvalue weighted by Gasteiger charge is -2.61. The van der Waals surface area contributed by atoms with Crippen molar-refractivity contribution in [2.75, 3.05) is 6.61 Å². The van der Waals surface area contributed by atoms with Crippen LogP contribution in [0.3, 0.4) is 0 Å². The number of fused-ring (bicyclic) bond motifs is 9.